The minimum atomic E-state index is -0.254. The van der Waals surface area contributed by atoms with Crippen molar-refractivity contribution in [1.82, 2.24) is 5.32 Å². The molecule has 74 valence electrons. The molecule has 2 saturated heterocycles. The second-order valence-corrected chi connectivity index (χ2v) is 4.89. The lowest BCUT2D eigenvalue weighted by atomic mass is 9.76. The van der Waals surface area contributed by atoms with Gasteiger partial charge in [-0.2, -0.15) is 0 Å². The zero-order chi connectivity index (χ0) is 9.53. The quantitative estimate of drug-likeness (QED) is 0.571. The molecule has 0 amide bonds. The molecule has 2 rings (SSSR count). The van der Waals surface area contributed by atoms with Crippen LogP contribution in [-0.4, -0.2) is 24.7 Å². The number of piperidine rings is 1. The summed E-state index contributed by atoms with van der Waals surface area (Å²) in [6.07, 6.45) is 2.94. The molecule has 0 bridgehead atoms. The summed E-state index contributed by atoms with van der Waals surface area (Å²) in [5, 5.41) is 3.28. The Bertz CT molecular complexity index is 229. The van der Waals surface area contributed by atoms with Gasteiger partial charge in [0.25, 0.3) is 0 Å². The number of ether oxygens (including phenoxy) is 1. The maximum atomic E-state index is 11.7. The SMILES string of the molecule is CC1(C)C[C@]2(CCCNC2)C(=O)O1. The zero-order valence-corrected chi connectivity index (χ0v) is 8.35. The number of carbonyl (C=O) groups is 1. The van der Waals surface area contributed by atoms with Crippen LogP contribution in [0.1, 0.15) is 33.1 Å². The maximum absolute atomic E-state index is 11.7. The Balaban J connectivity index is 2.18. The third kappa shape index (κ3) is 1.46. The van der Waals surface area contributed by atoms with E-state index < -0.39 is 0 Å². The summed E-state index contributed by atoms with van der Waals surface area (Å²) in [5.74, 6) is 0.00435. The monoisotopic (exact) mass is 183 g/mol. The van der Waals surface area contributed by atoms with Gasteiger partial charge in [0.2, 0.25) is 0 Å². The van der Waals surface area contributed by atoms with Gasteiger partial charge in [-0.25, -0.2) is 0 Å². The number of hydrogen-bond donors (Lipinski definition) is 1. The highest BCUT2D eigenvalue weighted by atomic mass is 16.6. The predicted molar refractivity (Wildman–Crippen MR) is 49.3 cm³/mol. The van der Waals surface area contributed by atoms with Crippen molar-refractivity contribution in [3.8, 4) is 0 Å². The van der Waals surface area contributed by atoms with Crippen LogP contribution >= 0.6 is 0 Å². The van der Waals surface area contributed by atoms with Crippen LogP contribution in [-0.2, 0) is 9.53 Å². The minimum Gasteiger partial charge on any atom is -0.459 e. The Kier molecular flexibility index (Phi) is 1.88. The van der Waals surface area contributed by atoms with E-state index in [2.05, 4.69) is 5.32 Å². The first kappa shape index (κ1) is 9.00. The van der Waals surface area contributed by atoms with E-state index in [9.17, 15) is 4.79 Å². The topological polar surface area (TPSA) is 38.3 Å². The Labute approximate surface area is 78.8 Å². The summed E-state index contributed by atoms with van der Waals surface area (Å²) in [6.45, 7) is 5.83. The minimum absolute atomic E-state index is 0.00435. The Morgan fingerprint density at radius 3 is 2.69 bits per heavy atom. The van der Waals surface area contributed by atoms with E-state index in [1.165, 1.54) is 0 Å². The molecule has 2 fully saturated rings. The van der Waals surface area contributed by atoms with Crippen LogP contribution in [0.25, 0.3) is 0 Å². The first-order chi connectivity index (χ1) is 6.04. The zero-order valence-electron chi connectivity index (χ0n) is 8.35. The van der Waals surface area contributed by atoms with Gasteiger partial charge in [-0.15, -0.1) is 0 Å². The number of esters is 1. The van der Waals surface area contributed by atoms with Crippen molar-refractivity contribution in [2.24, 2.45) is 5.41 Å². The lowest BCUT2D eigenvalue weighted by molar-refractivity contribution is -0.152. The van der Waals surface area contributed by atoms with E-state index >= 15 is 0 Å². The van der Waals surface area contributed by atoms with Gasteiger partial charge in [0.15, 0.2) is 0 Å². The largest absolute Gasteiger partial charge is 0.459 e. The molecule has 1 atom stereocenters. The van der Waals surface area contributed by atoms with Gasteiger partial charge in [0.1, 0.15) is 5.60 Å². The molecule has 2 aliphatic rings. The summed E-state index contributed by atoms with van der Waals surface area (Å²) in [4.78, 5) is 11.7. The van der Waals surface area contributed by atoms with Gasteiger partial charge >= 0.3 is 5.97 Å². The summed E-state index contributed by atoms with van der Waals surface area (Å²) in [5.41, 5.74) is -0.460. The third-order valence-electron chi connectivity index (χ3n) is 3.04. The summed E-state index contributed by atoms with van der Waals surface area (Å²) in [7, 11) is 0. The van der Waals surface area contributed by atoms with E-state index in [0.29, 0.717) is 0 Å². The van der Waals surface area contributed by atoms with Crippen LogP contribution in [0.15, 0.2) is 0 Å². The van der Waals surface area contributed by atoms with Crippen LogP contribution in [0.3, 0.4) is 0 Å². The maximum Gasteiger partial charge on any atom is 0.314 e. The number of carbonyl (C=O) groups excluding carboxylic acids is 1. The molecule has 3 nitrogen and oxygen atoms in total. The molecule has 1 spiro atoms. The molecule has 0 aromatic carbocycles. The fourth-order valence-electron chi connectivity index (χ4n) is 2.58. The van der Waals surface area contributed by atoms with E-state index in [4.69, 9.17) is 4.74 Å². The molecular formula is C10H17NO2. The molecule has 0 aromatic heterocycles. The van der Waals surface area contributed by atoms with Crippen molar-refractivity contribution >= 4 is 5.97 Å². The number of cyclic esters (lactones) is 1. The average molecular weight is 183 g/mol. The van der Waals surface area contributed by atoms with Crippen molar-refractivity contribution in [2.45, 2.75) is 38.7 Å². The fourth-order valence-corrected chi connectivity index (χ4v) is 2.58. The normalized spacial score (nSPS) is 37.8. The predicted octanol–water partition coefficient (Wildman–Crippen LogP) is 1.08. The van der Waals surface area contributed by atoms with Crippen LogP contribution < -0.4 is 5.32 Å². The van der Waals surface area contributed by atoms with Crippen molar-refractivity contribution in [2.75, 3.05) is 13.1 Å². The highest BCUT2D eigenvalue weighted by Crippen LogP contribution is 2.44. The average Bonchev–Trinajstić information content (AvgIpc) is 2.23. The van der Waals surface area contributed by atoms with E-state index in [-0.39, 0.29) is 17.0 Å². The van der Waals surface area contributed by atoms with Crippen molar-refractivity contribution in [1.29, 1.82) is 0 Å². The summed E-state index contributed by atoms with van der Waals surface area (Å²) < 4.78 is 5.36. The third-order valence-corrected chi connectivity index (χ3v) is 3.04. The molecule has 0 aliphatic carbocycles. The van der Waals surface area contributed by atoms with Gasteiger partial charge in [0, 0.05) is 13.0 Å². The van der Waals surface area contributed by atoms with Crippen LogP contribution in [0.5, 0.6) is 0 Å². The fraction of sp³-hybridized carbons (Fsp3) is 0.900. The Morgan fingerprint density at radius 1 is 1.46 bits per heavy atom. The molecule has 0 radical (unpaired) electrons. The smallest absolute Gasteiger partial charge is 0.314 e. The molecule has 0 unspecified atom stereocenters. The molecule has 2 heterocycles. The van der Waals surface area contributed by atoms with Crippen molar-refractivity contribution in [3.05, 3.63) is 0 Å². The highest BCUT2D eigenvalue weighted by Gasteiger charge is 2.52. The van der Waals surface area contributed by atoms with Crippen molar-refractivity contribution in [3.63, 3.8) is 0 Å². The van der Waals surface area contributed by atoms with Gasteiger partial charge in [0.05, 0.1) is 5.41 Å². The molecule has 0 aromatic rings. The second kappa shape index (κ2) is 2.71. The van der Waals surface area contributed by atoms with E-state index in [1.54, 1.807) is 0 Å². The van der Waals surface area contributed by atoms with Crippen LogP contribution in [0.2, 0.25) is 0 Å². The van der Waals surface area contributed by atoms with Gasteiger partial charge in [-0.3, -0.25) is 4.79 Å². The van der Waals surface area contributed by atoms with Crippen molar-refractivity contribution < 1.29 is 9.53 Å². The Morgan fingerprint density at radius 2 is 2.23 bits per heavy atom. The molecule has 0 saturated carbocycles. The Hall–Kier alpha value is -0.570. The molecule has 3 heteroatoms. The second-order valence-electron chi connectivity index (χ2n) is 4.89. The number of rotatable bonds is 0. The molecule has 1 N–H and O–H groups in total. The first-order valence-corrected chi connectivity index (χ1v) is 4.98. The van der Waals surface area contributed by atoms with Gasteiger partial charge in [-0.05, 0) is 33.2 Å². The lowest BCUT2D eigenvalue weighted by Gasteiger charge is -2.30. The van der Waals surface area contributed by atoms with E-state index in [0.717, 1.165) is 32.4 Å². The highest BCUT2D eigenvalue weighted by molar-refractivity contribution is 5.80. The van der Waals surface area contributed by atoms with Crippen LogP contribution in [0, 0.1) is 5.41 Å². The number of hydrogen-bond acceptors (Lipinski definition) is 3. The number of nitrogens with one attached hydrogen (secondary N) is 1. The standard InChI is InChI=1S/C10H17NO2/c1-9(2)6-10(8(12)13-9)4-3-5-11-7-10/h11H,3-7H2,1-2H3/t10-/m0/s1. The first-order valence-electron chi connectivity index (χ1n) is 4.98. The van der Waals surface area contributed by atoms with E-state index in [1.807, 2.05) is 13.8 Å². The van der Waals surface area contributed by atoms with Gasteiger partial charge in [-0.1, -0.05) is 0 Å². The van der Waals surface area contributed by atoms with Gasteiger partial charge < -0.3 is 10.1 Å². The molecule has 2 aliphatic heterocycles. The summed E-state index contributed by atoms with van der Waals surface area (Å²) >= 11 is 0. The lowest BCUT2D eigenvalue weighted by Crippen LogP contribution is -2.43. The van der Waals surface area contributed by atoms with Crippen LogP contribution in [0.4, 0.5) is 0 Å². The summed E-state index contributed by atoms with van der Waals surface area (Å²) in [6, 6.07) is 0. The molecular weight excluding hydrogens is 166 g/mol. The molecule has 13 heavy (non-hydrogen) atoms.